The number of likely N-dealkylation sites (tertiary alicyclic amines) is 1. The monoisotopic (exact) mass is 289 g/mol. The van der Waals surface area contributed by atoms with E-state index in [0.717, 1.165) is 30.7 Å². The van der Waals surface area contributed by atoms with Crippen LogP contribution in [0.2, 0.25) is 0 Å². The predicted octanol–water partition coefficient (Wildman–Crippen LogP) is 2.17. The lowest BCUT2D eigenvalue weighted by Crippen LogP contribution is -2.32. The third kappa shape index (κ3) is 3.05. The van der Waals surface area contributed by atoms with Crippen molar-refractivity contribution in [1.82, 2.24) is 4.90 Å². The van der Waals surface area contributed by atoms with Gasteiger partial charge in [0.15, 0.2) is 0 Å². The predicted molar refractivity (Wildman–Crippen MR) is 80.3 cm³/mol. The first-order valence-corrected chi connectivity index (χ1v) is 7.82. The zero-order chi connectivity index (χ0) is 14.8. The molecule has 4 heteroatoms. The Bertz CT molecular complexity index is 515. The van der Waals surface area contributed by atoms with E-state index in [4.69, 9.17) is 4.74 Å². The zero-order valence-corrected chi connectivity index (χ0v) is 12.5. The molecular weight excluding hydrogens is 266 g/mol. The van der Waals surface area contributed by atoms with Gasteiger partial charge in [0.25, 0.3) is 0 Å². The lowest BCUT2D eigenvalue weighted by Gasteiger charge is -2.27. The average molecular weight is 289 g/mol. The number of amides is 1. The van der Waals surface area contributed by atoms with Gasteiger partial charge in [0, 0.05) is 25.4 Å². The van der Waals surface area contributed by atoms with E-state index >= 15 is 0 Å². The molecule has 21 heavy (non-hydrogen) atoms. The molecule has 1 N–H and O–H groups in total. The van der Waals surface area contributed by atoms with Crippen molar-refractivity contribution >= 4 is 5.91 Å². The quantitative estimate of drug-likeness (QED) is 0.928. The van der Waals surface area contributed by atoms with Crippen LogP contribution < -0.4 is 4.74 Å². The molecule has 0 aromatic heterocycles. The van der Waals surface area contributed by atoms with Gasteiger partial charge in [0.1, 0.15) is 5.75 Å². The largest absolute Gasteiger partial charge is 0.493 e. The minimum atomic E-state index is -0.327. The lowest BCUT2D eigenvalue weighted by atomic mass is 9.90. The molecule has 0 aliphatic carbocycles. The molecular formula is C17H23NO3. The first-order valence-electron chi connectivity index (χ1n) is 7.82. The highest BCUT2D eigenvalue weighted by Gasteiger charge is 2.31. The van der Waals surface area contributed by atoms with E-state index in [1.165, 1.54) is 0 Å². The highest BCUT2D eigenvalue weighted by Crippen LogP contribution is 2.36. The molecule has 2 heterocycles. The highest BCUT2D eigenvalue weighted by molar-refractivity contribution is 5.77. The van der Waals surface area contributed by atoms with Gasteiger partial charge in [-0.15, -0.1) is 0 Å². The van der Waals surface area contributed by atoms with Crippen molar-refractivity contribution in [3.8, 4) is 5.75 Å². The molecule has 1 aromatic rings. The summed E-state index contributed by atoms with van der Waals surface area (Å²) in [6.45, 7) is 3.97. The second-order valence-electron chi connectivity index (χ2n) is 6.21. The number of carbonyl (C=O) groups excluding carboxylic acids is 1. The van der Waals surface area contributed by atoms with Gasteiger partial charge in [-0.2, -0.15) is 0 Å². The maximum atomic E-state index is 12.5. The van der Waals surface area contributed by atoms with Crippen molar-refractivity contribution in [2.45, 2.75) is 38.2 Å². The number of nitrogens with zero attached hydrogens (tertiary/aromatic N) is 1. The van der Waals surface area contributed by atoms with E-state index in [1.54, 1.807) is 0 Å². The van der Waals surface area contributed by atoms with Crippen LogP contribution in [0.3, 0.4) is 0 Å². The number of carbonyl (C=O) groups is 1. The maximum absolute atomic E-state index is 12.5. The molecule has 3 rings (SSSR count). The number of rotatable bonds is 3. The Morgan fingerprint density at radius 3 is 3.00 bits per heavy atom. The topological polar surface area (TPSA) is 49.8 Å². The average Bonchev–Trinajstić information content (AvgIpc) is 2.98. The number of benzene rings is 1. The molecule has 3 atom stereocenters. The molecule has 4 nitrogen and oxygen atoms in total. The van der Waals surface area contributed by atoms with Crippen LogP contribution in [0.1, 0.15) is 37.7 Å². The Labute approximate surface area is 125 Å². The van der Waals surface area contributed by atoms with Crippen LogP contribution in [0.25, 0.3) is 0 Å². The Balaban J connectivity index is 1.64. The van der Waals surface area contributed by atoms with Crippen LogP contribution in [-0.4, -0.2) is 41.7 Å². The minimum Gasteiger partial charge on any atom is -0.493 e. The molecule has 1 aromatic carbocycles. The van der Waals surface area contributed by atoms with E-state index in [-0.39, 0.29) is 23.8 Å². The van der Waals surface area contributed by atoms with Crippen LogP contribution in [-0.2, 0) is 4.79 Å². The van der Waals surface area contributed by atoms with Crippen LogP contribution in [0.4, 0.5) is 0 Å². The van der Waals surface area contributed by atoms with Crippen molar-refractivity contribution in [3.63, 3.8) is 0 Å². The highest BCUT2D eigenvalue weighted by atomic mass is 16.5. The van der Waals surface area contributed by atoms with Crippen molar-refractivity contribution in [1.29, 1.82) is 0 Å². The number of hydrogen-bond donors (Lipinski definition) is 1. The molecule has 0 spiro atoms. The fourth-order valence-corrected chi connectivity index (χ4v) is 3.38. The number of aliphatic hydroxyl groups is 1. The summed E-state index contributed by atoms with van der Waals surface area (Å²) in [4.78, 5) is 14.4. The Morgan fingerprint density at radius 1 is 1.43 bits per heavy atom. The third-order valence-electron chi connectivity index (χ3n) is 4.76. The van der Waals surface area contributed by atoms with Gasteiger partial charge in [-0.3, -0.25) is 4.79 Å². The van der Waals surface area contributed by atoms with E-state index in [1.807, 2.05) is 30.0 Å². The summed E-state index contributed by atoms with van der Waals surface area (Å²) in [6, 6.07) is 8.02. The molecule has 0 saturated carbocycles. The molecule has 2 aliphatic rings. The Hall–Kier alpha value is -1.55. The van der Waals surface area contributed by atoms with Gasteiger partial charge in [0.2, 0.25) is 5.91 Å². The van der Waals surface area contributed by atoms with E-state index in [0.29, 0.717) is 19.6 Å². The summed E-state index contributed by atoms with van der Waals surface area (Å²) >= 11 is 0. The fourth-order valence-electron chi connectivity index (χ4n) is 3.38. The molecule has 1 saturated heterocycles. The minimum absolute atomic E-state index is 0.208. The van der Waals surface area contributed by atoms with Gasteiger partial charge >= 0.3 is 0 Å². The van der Waals surface area contributed by atoms with Crippen molar-refractivity contribution in [2.24, 2.45) is 5.92 Å². The van der Waals surface area contributed by atoms with Gasteiger partial charge in [-0.25, -0.2) is 0 Å². The number of para-hydroxylation sites is 1. The summed E-state index contributed by atoms with van der Waals surface area (Å²) < 4.78 is 5.65. The van der Waals surface area contributed by atoms with Gasteiger partial charge in [-0.05, 0) is 37.3 Å². The fraction of sp³-hybridized carbons (Fsp3) is 0.588. The summed E-state index contributed by atoms with van der Waals surface area (Å²) in [5.74, 6) is 1.62. The van der Waals surface area contributed by atoms with E-state index in [9.17, 15) is 9.90 Å². The standard InChI is InChI=1S/C17H23NO3/c1-12(19)14-6-8-18(11-14)17(20)10-13-7-9-21-16-5-3-2-4-15(13)16/h2-5,12-14,19H,6-11H2,1H3. The van der Waals surface area contributed by atoms with Crippen LogP contribution in [0, 0.1) is 5.92 Å². The Kier molecular flexibility index (Phi) is 4.15. The molecule has 1 amide bonds. The summed E-state index contributed by atoms with van der Waals surface area (Å²) in [5.41, 5.74) is 1.16. The van der Waals surface area contributed by atoms with E-state index < -0.39 is 0 Å². The SMILES string of the molecule is CC(O)C1CCN(C(=O)CC2CCOc3ccccc32)C1. The molecule has 0 radical (unpaired) electrons. The molecule has 0 bridgehead atoms. The van der Waals surface area contributed by atoms with Gasteiger partial charge < -0.3 is 14.7 Å². The zero-order valence-electron chi connectivity index (χ0n) is 12.5. The first-order chi connectivity index (χ1) is 10.1. The number of fused-ring (bicyclic) bond motifs is 1. The van der Waals surface area contributed by atoms with Crippen molar-refractivity contribution in [2.75, 3.05) is 19.7 Å². The van der Waals surface area contributed by atoms with Crippen molar-refractivity contribution in [3.05, 3.63) is 29.8 Å². The number of aliphatic hydroxyl groups excluding tert-OH is 1. The Morgan fingerprint density at radius 2 is 2.24 bits per heavy atom. The molecule has 2 aliphatic heterocycles. The molecule has 1 fully saturated rings. The first kappa shape index (κ1) is 14.4. The smallest absolute Gasteiger partial charge is 0.223 e. The number of hydrogen-bond acceptors (Lipinski definition) is 3. The lowest BCUT2D eigenvalue weighted by molar-refractivity contribution is -0.130. The summed E-state index contributed by atoms with van der Waals surface area (Å²) in [7, 11) is 0. The molecule has 114 valence electrons. The van der Waals surface area contributed by atoms with Gasteiger partial charge in [-0.1, -0.05) is 18.2 Å². The third-order valence-corrected chi connectivity index (χ3v) is 4.76. The summed E-state index contributed by atoms with van der Waals surface area (Å²) in [6.07, 6.45) is 2.03. The maximum Gasteiger partial charge on any atom is 0.223 e. The second-order valence-corrected chi connectivity index (χ2v) is 6.21. The normalized spacial score (nSPS) is 26.1. The van der Waals surface area contributed by atoms with Crippen LogP contribution in [0.5, 0.6) is 5.75 Å². The van der Waals surface area contributed by atoms with Crippen LogP contribution in [0.15, 0.2) is 24.3 Å². The summed E-state index contributed by atoms with van der Waals surface area (Å²) in [5, 5.41) is 9.65. The van der Waals surface area contributed by atoms with E-state index in [2.05, 4.69) is 6.07 Å². The molecule has 3 unspecified atom stereocenters. The van der Waals surface area contributed by atoms with Crippen molar-refractivity contribution < 1.29 is 14.6 Å². The van der Waals surface area contributed by atoms with Gasteiger partial charge in [0.05, 0.1) is 12.7 Å². The van der Waals surface area contributed by atoms with Crippen LogP contribution >= 0.6 is 0 Å². The second kappa shape index (κ2) is 6.06. The number of ether oxygens (including phenoxy) is 1.